The quantitative estimate of drug-likeness (QED) is 0.666. The molecule has 0 bridgehead atoms. The second-order valence-corrected chi connectivity index (χ2v) is 3.79. The fourth-order valence-corrected chi connectivity index (χ4v) is 1.69. The van der Waals surface area contributed by atoms with Crippen molar-refractivity contribution in [3.63, 3.8) is 0 Å². The Morgan fingerprint density at radius 2 is 2.32 bits per heavy atom. The highest BCUT2D eigenvalue weighted by molar-refractivity contribution is 5.95. The van der Waals surface area contributed by atoms with E-state index in [1.54, 1.807) is 13.1 Å². The summed E-state index contributed by atoms with van der Waals surface area (Å²) in [5, 5.41) is 13.6. The maximum atomic E-state index is 11.7. The molecular weight excluding hydrogens is 248 g/mol. The number of amides is 1. The van der Waals surface area contributed by atoms with Gasteiger partial charge in [0.25, 0.3) is 11.6 Å². The van der Waals surface area contributed by atoms with Gasteiger partial charge in [-0.25, -0.2) is 4.98 Å². The van der Waals surface area contributed by atoms with Gasteiger partial charge in [-0.1, -0.05) is 0 Å². The Morgan fingerprint density at radius 3 is 2.89 bits per heavy atom. The zero-order valence-electron chi connectivity index (χ0n) is 10.2. The first kappa shape index (κ1) is 12.7. The molecule has 7 heteroatoms. The van der Waals surface area contributed by atoms with E-state index in [1.807, 2.05) is 0 Å². The molecule has 0 atom stereocenters. The number of aromatic nitrogens is 2. The monoisotopic (exact) mass is 260 g/mol. The second-order valence-electron chi connectivity index (χ2n) is 3.79. The Kier molecular flexibility index (Phi) is 3.56. The molecule has 0 saturated heterocycles. The highest BCUT2D eigenvalue weighted by Crippen LogP contribution is 2.23. The first-order chi connectivity index (χ1) is 9.13. The maximum absolute atomic E-state index is 11.7. The van der Waals surface area contributed by atoms with E-state index in [-0.39, 0.29) is 11.6 Å². The standard InChI is InChI=1S/C12H12N4O3/c1-2-14-12(17)9-3-4-10(16(18)19)11(7-9)15-6-5-13-8-15/h3-8H,2H2,1H3,(H,14,17). The van der Waals surface area contributed by atoms with Crippen LogP contribution in [0.25, 0.3) is 5.69 Å². The number of nitrogens with zero attached hydrogens (tertiary/aromatic N) is 3. The van der Waals surface area contributed by atoms with Crippen molar-refractivity contribution in [2.24, 2.45) is 0 Å². The SMILES string of the molecule is CCNC(=O)c1ccc([N+](=O)[O-])c(-n2ccnc2)c1. The molecule has 0 aliphatic rings. The molecule has 2 rings (SSSR count). The summed E-state index contributed by atoms with van der Waals surface area (Å²) in [4.78, 5) is 26.1. The van der Waals surface area contributed by atoms with Crippen LogP contribution >= 0.6 is 0 Å². The highest BCUT2D eigenvalue weighted by Gasteiger charge is 2.17. The zero-order chi connectivity index (χ0) is 13.8. The van der Waals surface area contributed by atoms with E-state index >= 15 is 0 Å². The van der Waals surface area contributed by atoms with Gasteiger partial charge in [0.1, 0.15) is 5.69 Å². The van der Waals surface area contributed by atoms with Crippen LogP contribution in [0.1, 0.15) is 17.3 Å². The van der Waals surface area contributed by atoms with Crippen molar-refractivity contribution in [3.05, 3.63) is 52.6 Å². The molecule has 1 N–H and O–H groups in total. The van der Waals surface area contributed by atoms with Crippen LogP contribution in [0, 0.1) is 10.1 Å². The molecule has 2 aromatic rings. The number of carbonyl (C=O) groups is 1. The van der Waals surface area contributed by atoms with Crippen molar-refractivity contribution >= 4 is 11.6 Å². The molecule has 7 nitrogen and oxygen atoms in total. The molecule has 0 unspecified atom stereocenters. The summed E-state index contributed by atoms with van der Waals surface area (Å²) in [6, 6.07) is 4.23. The van der Waals surface area contributed by atoms with E-state index in [2.05, 4.69) is 10.3 Å². The minimum Gasteiger partial charge on any atom is -0.352 e. The largest absolute Gasteiger partial charge is 0.352 e. The summed E-state index contributed by atoms with van der Waals surface area (Å²) in [6.07, 6.45) is 4.55. The van der Waals surface area contributed by atoms with Gasteiger partial charge in [-0.05, 0) is 19.1 Å². The Balaban J connectivity index is 2.51. The fraction of sp³-hybridized carbons (Fsp3) is 0.167. The first-order valence-electron chi connectivity index (χ1n) is 5.68. The van der Waals surface area contributed by atoms with Crippen LogP contribution in [0.5, 0.6) is 0 Å². The number of hydrogen-bond donors (Lipinski definition) is 1. The van der Waals surface area contributed by atoms with Crippen molar-refractivity contribution < 1.29 is 9.72 Å². The molecule has 1 aromatic heterocycles. The second kappa shape index (κ2) is 5.30. The van der Waals surface area contributed by atoms with Gasteiger partial charge in [-0.2, -0.15) is 0 Å². The predicted molar refractivity (Wildman–Crippen MR) is 68.2 cm³/mol. The number of hydrogen-bond acceptors (Lipinski definition) is 4. The van der Waals surface area contributed by atoms with E-state index < -0.39 is 4.92 Å². The molecule has 98 valence electrons. The fourth-order valence-electron chi connectivity index (χ4n) is 1.69. The third-order valence-corrected chi connectivity index (χ3v) is 2.55. The number of carbonyl (C=O) groups excluding carboxylic acids is 1. The zero-order valence-corrected chi connectivity index (χ0v) is 10.2. The third-order valence-electron chi connectivity index (χ3n) is 2.55. The van der Waals surface area contributed by atoms with Crippen molar-refractivity contribution in [3.8, 4) is 5.69 Å². The lowest BCUT2D eigenvalue weighted by molar-refractivity contribution is -0.384. The number of imidazole rings is 1. The average Bonchev–Trinajstić information content (AvgIpc) is 2.92. The van der Waals surface area contributed by atoms with Gasteiger partial charge in [0, 0.05) is 30.6 Å². The van der Waals surface area contributed by atoms with Gasteiger partial charge >= 0.3 is 0 Å². The van der Waals surface area contributed by atoms with E-state index in [1.165, 1.54) is 35.3 Å². The minimum absolute atomic E-state index is 0.0777. The smallest absolute Gasteiger partial charge is 0.293 e. The number of nitro groups is 1. The lowest BCUT2D eigenvalue weighted by Gasteiger charge is -2.07. The summed E-state index contributed by atoms with van der Waals surface area (Å²) in [6.45, 7) is 2.30. The number of rotatable bonds is 4. The molecule has 0 saturated carbocycles. The molecule has 0 aliphatic heterocycles. The van der Waals surface area contributed by atoms with E-state index in [9.17, 15) is 14.9 Å². The Labute approximate surface area is 109 Å². The Bertz CT molecular complexity index is 607. The molecule has 0 fully saturated rings. The highest BCUT2D eigenvalue weighted by atomic mass is 16.6. The Hall–Kier alpha value is -2.70. The molecular formula is C12H12N4O3. The van der Waals surface area contributed by atoms with Crippen LogP contribution in [-0.4, -0.2) is 26.9 Å². The Morgan fingerprint density at radius 1 is 1.53 bits per heavy atom. The van der Waals surface area contributed by atoms with Gasteiger partial charge in [-0.15, -0.1) is 0 Å². The topological polar surface area (TPSA) is 90.1 Å². The summed E-state index contributed by atoms with van der Waals surface area (Å²) < 4.78 is 1.50. The molecule has 0 radical (unpaired) electrons. The lowest BCUT2D eigenvalue weighted by Crippen LogP contribution is -2.22. The normalized spacial score (nSPS) is 10.2. The van der Waals surface area contributed by atoms with Crippen LogP contribution in [0.4, 0.5) is 5.69 Å². The van der Waals surface area contributed by atoms with Crippen LogP contribution < -0.4 is 5.32 Å². The lowest BCUT2D eigenvalue weighted by atomic mass is 10.1. The summed E-state index contributed by atoms with van der Waals surface area (Å²) >= 11 is 0. The predicted octanol–water partition coefficient (Wildman–Crippen LogP) is 1.53. The van der Waals surface area contributed by atoms with Crippen molar-refractivity contribution in [1.82, 2.24) is 14.9 Å². The molecule has 0 spiro atoms. The maximum Gasteiger partial charge on any atom is 0.293 e. The van der Waals surface area contributed by atoms with Gasteiger partial charge in [0.05, 0.1) is 11.3 Å². The molecule has 1 aromatic carbocycles. The number of nitro benzene ring substituents is 1. The van der Waals surface area contributed by atoms with Crippen molar-refractivity contribution in [2.75, 3.05) is 6.54 Å². The van der Waals surface area contributed by atoms with Crippen LogP contribution in [0.15, 0.2) is 36.9 Å². The average molecular weight is 260 g/mol. The minimum atomic E-state index is -0.489. The van der Waals surface area contributed by atoms with Crippen molar-refractivity contribution in [2.45, 2.75) is 6.92 Å². The van der Waals surface area contributed by atoms with Crippen LogP contribution in [0.2, 0.25) is 0 Å². The van der Waals surface area contributed by atoms with E-state index in [0.717, 1.165) is 0 Å². The first-order valence-corrected chi connectivity index (χ1v) is 5.68. The summed E-state index contributed by atoms with van der Waals surface area (Å²) in [5.74, 6) is -0.265. The number of benzene rings is 1. The van der Waals surface area contributed by atoms with Crippen LogP contribution in [-0.2, 0) is 0 Å². The van der Waals surface area contributed by atoms with E-state index in [4.69, 9.17) is 0 Å². The van der Waals surface area contributed by atoms with Gasteiger partial charge in [0.2, 0.25) is 0 Å². The molecule has 0 aliphatic carbocycles. The van der Waals surface area contributed by atoms with E-state index in [0.29, 0.717) is 17.8 Å². The number of nitrogens with one attached hydrogen (secondary N) is 1. The summed E-state index contributed by atoms with van der Waals surface area (Å²) in [5.41, 5.74) is 0.605. The summed E-state index contributed by atoms with van der Waals surface area (Å²) in [7, 11) is 0. The van der Waals surface area contributed by atoms with Gasteiger partial charge < -0.3 is 9.88 Å². The van der Waals surface area contributed by atoms with Gasteiger partial charge in [0.15, 0.2) is 0 Å². The molecule has 1 amide bonds. The van der Waals surface area contributed by atoms with Crippen LogP contribution in [0.3, 0.4) is 0 Å². The van der Waals surface area contributed by atoms with Gasteiger partial charge in [-0.3, -0.25) is 14.9 Å². The molecule has 19 heavy (non-hydrogen) atoms. The van der Waals surface area contributed by atoms with Crippen molar-refractivity contribution in [1.29, 1.82) is 0 Å². The third kappa shape index (κ3) is 2.59. The molecule has 1 heterocycles.